The van der Waals surface area contributed by atoms with Crippen molar-refractivity contribution in [2.75, 3.05) is 17.2 Å². The number of hydrogen-bond donors (Lipinski definition) is 2. The molecule has 0 spiro atoms. The van der Waals surface area contributed by atoms with Crippen LogP contribution in [0.1, 0.15) is 0 Å². The number of carbonyl (C=O) groups is 1. The summed E-state index contributed by atoms with van der Waals surface area (Å²) in [7, 11) is 0. The van der Waals surface area contributed by atoms with Crippen molar-refractivity contribution in [2.45, 2.75) is 0 Å². The Kier molecular flexibility index (Phi) is 4.26. The first-order chi connectivity index (χ1) is 10.7. The molecule has 3 aromatic carbocycles. The molecule has 0 aliphatic heterocycles. The molecule has 2 N–H and O–H groups in total. The number of para-hydroxylation sites is 1. The van der Waals surface area contributed by atoms with Crippen molar-refractivity contribution < 1.29 is 4.79 Å². The van der Waals surface area contributed by atoms with E-state index in [9.17, 15) is 4.79 Å². The Labute approximate surface area is 133 Å². The highest BCUT2D eigenvalue weighted by Gasteiger charge is 2.06. The summed E-state index contributed by atoms with van der Waals surface area (Å²) < 4.78 is 0. The van der Waals surface area contributed by atoms with Crippen LogP contribution in [-0.4, -0.2) is 12.5 Å². The molecule has 0 bridgehead atoms. The van der Waals surface area contributed by atoms with Gasteiger partial charge in [0, 0.05) is 11.1 Å². The van der Waals surface area contributed by atoms with Crippen molar-refractivity contribution >= 4 is 39.7 Å². The van der Waals surface area contributed by atoms with Crippen LogP contribution in [0.25, 0.3) is 10.8 Å². The fourth-order valence-corrected chi connectivity index (χ4v) is 2.50. The Morgan fingerprint density at radius 1 is 0.864 bits per heavy atom. The normalized spacial score (nSPS) is 10.4. The molecule has 0 fully saturated rings. The van der Waals surface area contributed by atoms with E-state index >= 15 is 0 Å². The van der Waals surface area contributed by atoms with E-state index in [1.54, 1.807) is 12.1 Å². The Morgan fingerprint density at radius 3 is 2.41 bits per heavy atom. The molecule has 0 atom stereocenters. The van der Waals surface area contributed by atoms with Crippen molar-refractivity contribution in [3.8, 4) is 0 Å². The van der Waals surface area contributed by atoms with Crippen LogP contribution in [0.2, 0.25) is 5.02 Å². The highest BCUT2D eigenvalue weighted by Crippen LogP contribution is 2.23. The maximum absolute atomic E-state index is 12.0. The van der Waals surface area contributed by atoms with Crippen LogP contribution in [0.5, 0.6) is 0 Å². The van der Waals surface area contributed by atoms with Crippen LogP contribution >= 0.6 is 11.6 Å². The van der Waals surface area contributed by atoms with Crippen LogP contribution in [0, 0.1) is 0 Å². The lowest BCUT2D eigenvalue weighted by Crippen LogP contribution is -2.21. The zero-order valence-electron chi connectivity index (χ0n) is 11.8. The highest BCUT2D eigenvalue weighted by molar-refractivity contribution is 6.33. The monoisotopic (exact) mass is 310 g/mol. The molecule has 0 aliphatic rings. The molecule has 3 aromatic rings. The number of benzene rings is 3. The van der Waals surface area contributed by atoms with E-state index in [0.717, 1.165) is 16.5 Å². The topological polar surface area (TPSA) is 41.1 Å². The van der Waals surface area contributed by atoms with Crippen LogP contribution in [-0.2, 0) is 4.79 Å². The third kappa shape index (κ3) is 3.21. The minimum atomic E-state index is -0.138. The van der Waals surface area contributed by atoms with Crippen molar-refractivity contribution in [1.29, 1.82) is 0 Å². The van der Waals surface area contributed by atoms with Crippen molar-refractivity contribution in [3.05, 3.63) is 71.8 Å². The zero-order chi connectivity index (χ0) is 15.4. The average Bonchev–Trinajstić information content (AvgIpc) is 2.55. The number of hydrogen-bond acceptors (Lipinski definition) is 2. The quantitative estimate of drug-likeness (QED) is 0.742. The molecule has 0 radical (unpaired) electrons. The molecule has 110 valence electrons. The summed E-state index contributed by atoms with van der Waals surface area (Å²) in [6.45, 7) is 0.180. The Balaban J connectivity index is 1.69. The molecule has 0 aromatic heterocycles. The minimum Gasteiger partial charge on any atom is -0.376 e. The molecule has 22 heavy (non-hydrogen) atoms. The summed E-state index contributed by atoms with van der Waals surface area (Å²) in [4.78, 5) is 12.0. The first kappa shape index (κ1) is 14.4. The molecule has 3 rings (SSSR count). The smallest absolute Gasteiger partial charge is 0.243 e. The third-order valence-corrected chi connectivity index (χ3v) is 3.71. The van der Waals surface area contributed by atoms with Gasteiger partial charge in [0.2, 0.25) is 5.91 Å². The lowest BCUT2D eigenvalue weighted by atomic mass is 10.1. The van der Waals surface area contributed by atoms with Gasteiger partial charge in [0.1, 0.15) is 0 Å². The van der Waals surface area contributed by atoms with Gasteiger partial charge in [-0.3, -0.25) is 4.79 Å². The van der Waals surface area contributed by atoms with Crippen molar-refractivity contribution in [1.82, 2.24) is 0 Å². The first-order valence-corrected chi connectivity index (χ1v) is 7.38. The van der Waals surface area contributed by atoms with Gasteiger partial charge in [-0.15, -0.1) is 0 Å². The fraction of sp³-hybridized carbons (Fsp3) is 0.0556. The molecule has 1 amide bonds. The van der Waals surface area contributed by atoms with Crippen molar-refractivity contribution in [2.24, 2.45) is 0 Å². The molecule has 0 saturated carbocycles. The Bertz CT molecular complexity index is 812. The van der Waals surface area contributed by atoms with Crippen molar-refractivity contribution in [3.63, 3.8) is 0 Å². The number of anilines is 2. The predicted octanol–water partition coefficient (Wildman–Crippen LogP) is 4.54. The predicted molar refractivity (Wildman–Crippen MR) is 92.5 cm³/mol. The molecule has 0 heterocycles. The van der Waals surface area contributed by atoms with Gasteiger partial charge in [-0.1, -0.05) is 60.1 Å². The molecular formula is C18H15ClN2O. The summed E-state index contributed by atoms with van der Waals surface area (Å²) >= 11 is 6.03. The second-order valence-corrected chi connectivity index (χ2v) is 5.32. The number of carbonyl (C=O) groups excluding carboxylic acids is 1. The first-order valence-electron chi connectivity index (χ1n) is 7.00. The van der Waals surface area contributed by atoms with Crippen LogP contribution in [0.15, 0.2) is 66.7 Å². The van der Waals surface area contributed by atoms with Gasteiger partial charge >= 0.3 is 0 Å². The second-order valence-electron chi connectivity index (χ2n) is 4.91. The summed E-state index contributed by atoms with van der Waals surface area (Å²) in [5, 5.41) is 8.73. The maximum Gasteiger partial charge on any atom is 0.243 e. The number of rotatable bonds is 4. The van der Waals surface area contributed by atoms with Crippen LogP contribution in [0.4, 0.5) is 11.4 Å². The van der Waals surface area contributed by atoms with Gasteiger partial charge in [0.05, 0.1) is 17.3 Å². The molecular weight excluding hydrogens is 296 g/mol. The van der Waals surface area contributed by atoms with E-state index in [0.29, 0.717) is 10.7 Å². The third-order valence-electron chi connectivity index (χ3n) is 3.38. The zero-order valence-corrected chi connectivity index (χ0v) is 12.6. The minimum absolute atomic E-state index is 0.138. The molecule has 4 heteroatoms. The maximum atomic E-state index is 12.0. The largest absolute Gasteiger partial charge is 0.376 e. The summed E-state index contributed by atoms with van der Waals surface area (Å²) in [6.07, 6.45) is 0. The molecule has 0 aliphatic carbocycles. The lowest BCUT2D eigenvalue weighted by Gasteiger charge is -2.11. The summed E-state index contributed by atoms with van der Waals surface area (Å²) in [6, 6.07) is 21.2. The van der Waals surface area contributed by atoms with Gasteiger partial charge in [-0.25, -0.2) is 0 Å². The lowest BCUT2D eigenvalue weighted by molar-refractivity contribution is -0.114. The standard InChI is InChI=1S/C18H15ClN2O/c19-15-9-3-4-10-17(15)21-18(22)12-20-16-11-5-7-13-6-1-2-8-14(13)16/h1-11,20H,12H2,(H,21,22). The van der Waals surface area contributed by atoms with Crippen LogP contribution < -0.4 is 10.6 Å². The number of amides is 1. The average molecular weight is 311 g/mol. The van der Waals surface area contributed by atoms with Gasteiger partial charge in [0.15, 0.2) is 0 Å². The van der Waals surface area contributed by atoms with Gasteiger partial charge in [-0.05, 0) is 23.6 Å². The van der Waals surface area contributed by atoms with E-state index < -0.39 is 0 Å². The van der Waals surface area contributed by atoms with Gasteiger partial charge < -0.3 is 10.6 Å². The highest BCUT2D eigenvalue weighted by atomic mass is 35.5. The van der Waals surface area contributed by atoms with Crippen LogP contribution in [0.3, 0.4) is 0 Å². The fourth-order valence-electron chi connectivity index (χ4n) is 2.31. The molecule has 3 nitrogen and oxygen atoms in total. The molecule has 0 saturated heterocycles. The van der Waals surface area contributed by atoms with E-state index in [1.165, 1.54) is 0 Å². The number of nitrogens with one attached hydrogen (secondary N) is 2. The number of halogens is 1. The molecule has 0 unspecified atom stereocenters. The van der Waals surface area contributed by atoms with Gasteiger partial charge in [-0.2, -0.15) is 0 Å². The van der Waals surface area contributed by atoms with E-state index in [-0.39, 0.29) is 12.5 Å². The van der Waals surface area contributed by atoms with Gasteiger partial charge in [0.25, 0.3) is 0 Å². The summed E-state index contributed by atoms with van der Waals surface area (Å²) in [5.41, 5.74) is 1.56. The van der Waals surface area contributed by atoms with E-state index in [1.807, 2.05) is 54.6 Å². The Morgan fingerprint density at radius 2 is 1.55 bits per heavy atom. The Hall–Kier alpha value is -2.52. The number of fused-ring (bicyclic) bond motifs is 1. The van der Waals surface area contributed by atoms with E-state index in [4.69, 9.17) is 11.6 Å². The summed E-state index contributed by atoms with van der Waals surface area (Å²) in [5.74, 6) is -0.138. The van der Waals surface area contributed by atoms with E-state index in [2.05, 4.69) is 10.6 Å². The SMILES string of the molecule is O=C(CNc1cccc2ccccc12)Nc1ccccc1Cl. The second kappa shape index (κ2) is 6.50.